The van der Waals surface area contributed by atoms with Gasteiger partial charge in [0.1, 0.15) is 4.90 Å². The van der Waals surface area contributed by atoms with E-state index in [2.05, 4.69) is 0 Å². The molecule has 10 heteroatoms. The number of hydrogen-bond acceptors (Lipinski definition) is 7. The number of benzene rings is 1. The number of nitrogens with zero attached hydrogens (tertiary/aromatic N) is 2. The summed E-state index contributed by atoms with van der Waals surface area (Å²) >= 11 is 0. The van der Waals surface area contributed by atoms with Crippen molar-refractivity contribution in [2.45, 2.75) is 57.7 Å². The first-order chi connectivity index (χ1) is 12.3. The number of ether oxygens (including phenoxy) is 1. The lowest BCUT2D eigenvalue weighted by molar-refractivity contribution is -0.387. The van der Waals surface area contributed by atoms with Crippen molar-refractivity contribution in [2.75, 3.05) is 6.26 Å². The van der Waals surface area contributed by atoms with Crippen LogP contribution in [0, 0.1) is 10.1 Å². The molecule has 0 radical (unpaired) electrons. The summed E-state index contributed by atoms with van der Waals surface area (Å²) in [4.78, 5) is 36.1. The molecule has 1 atom stereocenters. The summed E-state index contributed by atoms with van der Waals surface area (Å²) in [5.74, 6) is -1.35. The molecule has 0 aliphatic heterocycles. The SMILES string of the molecule is CC(C)N(C(=O)[C@@H](C)OC(=O)c1ccc(S(C)(=O)=O)c([N+](=O)[O-])c1)C(C)C. The molecule has 1 amide bonds. The van der Waals surface area contributed by atoms with Gasteiger partial charge >= 0.3 is 5.97 Å². The highest BCUT2D eigenvalue weighted by atomic mass is 32.2. The standard InChI is InChI=1S/C17H24N2O7S/c1-10(2)18(11(3)4)16(20)12(5)26-17(21)13-7-8-15(27(6,24)25)14(9-13)19(22)23/h7-12H,1-6H3/t12-/m1/s1. The van der Waals surface area contributed by atoms with Crippen molar-refractivity contribution in [3.8, 4) is 0 Å². The summed E-state index contributed by atoms with van der Waals surface area (Å²) < 4.78 is 28.4. The minimum atomic E-state index is -3.84. The third-order valence-electron chi connectivity index (χ3n) is 3.79. The first kappa shape index (κ1) is 22.6. The molecule has 1 rings (SSSR count). The van der Waals surface area contributed by atoms with E-state index in [-0.39, 0.29) is 17.6 Å². The monoisotopic (exact) mass is 400 g/mol. The van der Waals surface area contributed by atoms with Crippen molar-refractivity contribution in [1.82, 2.24) is 4.90 Å². The van der Waals surface area contributed by atoms with E-state index in [0.29, 0.717) is 0 Å². The molecule has 9 nitrogen and oxygen atoms in total. The number of nitro benzene ring substituents is 1. The fourth-order valence-electron chi connectivity index (χ4n) is 2.69. The Morgan fingerprint density at radius 1 is 1.11 bits per heavy atom. The quantitative estimate of drug-likeness (QED) is 0.390. The van der Waals surface area contributed by atoms with Crippen LogP contribution < -0.4 is 0 Å². The van der Waals surface area contributed by atoms with Gasteiger partial charge in [-0.1, -0.05) is 0 Å². The van der Waals surface area contributed by atoms with Gasteiger partial charge in [0.15, 0.2) is 15.9 Å². The average molecular weight is 400 g/mol. The fraction of sp³-hybridized carbons (Fsp3) is 0.529. The van der Waals surface area contributed by atoms with Crippen molar-refractivity contribution < 1.29 is 27.7 Å². The third-order valence-corrected chi connectivity index (χ3v) is 4.93. The summed E-state index contributed by atoms with van der Waals surface area (Å²) in [5, 5.41) is 11.1. The summed E-state index contributed by atoms with van der Waals surface area (Å²) in [6.45, 7) is 8.75. The van der Waals surface area contributed by atoms with Gasteiger partial charge in [-0.15, -0.1) is 0 Å². The molecule has 0 saturated heterocycles. The molecular weight excluding hydrogens is 376 g/mol. The van der Waals surface area contributed by atoms with Crippen LogP contribution in [0.4, 0.5) is 5.69 Å². The number of hydrogen-bond donors (Lipinski definition) is 0. The zero-order valence-corrected chi connectivity index (χ0v) is 16.9. The lowest BCUT2D eigenvalue weighted by Crippen LogP contribution is -2.47. The average Bonchev–Trinajstić information content (AvgIpc) is 2.52. The van der Waals surface area contributed by atoms with Crippen LogP contribution in [0.2, 0.25) is 0 Å². The van der Waals surface area contributed by atoms with Crippen LogP contribution in [-0.2, 0) is 19.4 Å². The Hall–Kier alpha value is -2.49. The molecule has 0 fully saturated rings. The van der Waals surface area contributed by atoms with Crippen LogP contribution in [-0.4, -0.2) is 54.6 Å². The predicted molar refractivity (Wildman–Crippen MR) is 98.2 cm³/mol. The van der Waals surface area contributed by atoms with Gasteiger partial charge in [-0.3, -0.25) is 14.9 Å². The van der Waals surface area contributed by atoms with Gasteiger partial charge in [0.05, 0.1) is 10.5 Å². The van der Waals surface area contributed by atoms with Crippen LogP contribution in [0.15, 0.2) is 23.1 Å². The number of sulfone groups is 1. The maximum absolute atomic E-state index is 12.5. The largest absolute Gasteiger partial charge is 0.449 e. The third kappa shape index (κ3) is 5.49. The van der Waals surface area contributed by atoms with Crippen LogP contribution in [0.25, 0.3) is 0 Å². The van der Waals surface area contributed by atoms with E-state index in [1.807, 2.05) is 27.7 Å². The van der Waals surface area contributed by atoms with E-state index >= 15 is 0 Å². The highest BCUT2D eigenvalue weighted by Crippen LogP contribution is 2.25. The smallest absolute Gasteiger partial charge is 0.339 e. The summed E-state index contributed by atoms with van der Waals surface area (Å²) in [6.07, 6.45) is -0.267. The van der Waals surface area contributed by atoms with Crippen molar-refractivity contribution in [3.05, 3.63) is 33.9 Å². The summed E-state index contributed by atoms with van der Waals surface area (Å²) in [5.41, 5.74) is -0.939. The minimum Gasteiger partial charge on any atom is -0.449 e. The van der Waals surface area contributed by atoms with Crippen LogP contribution >= 0.6 is 0 Å². The normalized spacial score (nSPS) is 12.7. The lowest BCUT2D eigenvalue weighted by Gasteiger charge is -2.32. The van der Waals surface area contributed by atoms with Gasteiger partial charge in [-0.25, -0.2) is 13.2 Å². The molecule has 27 heavy (non-hydrogen) atoms. The molecule has 0 aliphatic carbocycles. The first-order valence-electron chi connectivity index (χ1n) is 8.29. The Balaban J connectivity index is 3.12. The van der Waals surface area contributed by atoms with Crippen LogP contribution in [0.5, 0.6) is 0 Å². The molecule has 0 saturated carbocycles. The minimum absolute atomic E-state index is 0.103. The van der Waals surface area contributed by atoms with Crippen molar-refractivity contribution in [3.63, 3.8) is 0 Å². The highest BCUT2D eigenvalue weighted by molar-refractivity contribution is 7.90. The second kappa shape index (κ2) is 8.47. The zero-order chi connectivity index (χ0) is 21.1. The van der Waals surface area contributed by atoms with E-state index in [9.17, 15) is 28.1 Å². The van der Waals surface area contributed by atoms with E-state index in [0.717, 1.165) is 24.5 Å². The van der Waals surface area contributed by atoms with Crippen LogP contribution in [0.1, 0.15) is 45.0 Å². The summed E-state index contributed by atoms with van der Waals surface area (Å²) in [6, 6.07) is 2.72. The predicted octanol–water partition coefficient (Wildman–Crippen LogP) is 2.19. The molecule has 0 aliphatic rings. The fourth-order valence-corrected chi connectivity index (χ4v) is 3.52. The van der Waals surface area contributed by atoms with Gasteiger partial charge < -0.3 is 9.64 Å². The number of carbonyl (C=O) groups is 2. The van der Waals surface area contributed by atoms with E-state index in [1.165, 1.54) is 6.92 Å². The Labute approximate surface area is 158 Å². The van der Waals surface area contributed by atoms with E-state index in [1.54, 1.807) is 4.90 Å². The molecule has 0 spiro atoms. The zero-order valence-electron chi connectivity index (χ0n) is 16.1. The number of rotatable bonds is 7. The lowest BCUT2D eigenvalue weighted by atomic mass is 10.2. The maximum Gasteiger partial charge on any atom is 0.339 e. The van der Waals surface area contributed by atoms with Gasteiger partial charge in [-0.2, -0.15) is 0 Å². The Kier molecular flexibility index (Phi) is 7.07. The first-order valence-corrected chi connectivity index (χ1v) is 10.2. The van der Waals surface area contributed by atoms with E-state index in [4.69, 9.17) is 4.74 Å². The molecule has 0 unspecified atom stereocenters. The topological polar surface area (TPSA) is 124 Å². The van der Waals surface area contributed by atoms with E-state index < -0.39 is 43.3 Å². The number of nitro groups is 1. The van der Waals surface area contributed by atoms with Crippen molar-refractivity contribution in [1.29, 1.82) is 0 Å². The Morgan fingerprint density at radius 2 is 1.63 bits per heavy atom. The van der Waals surface area contributed by atoms with Crippen molar-refractivity contribution in [2.24, 2.45) is 0 Å². The highest BCUT2D eigenvalue weighted by Gasteiger charge is 2.29. The second-order valence-electron chi connectivity index (χ2n) is 6.69. The van der Waals surface area contributed by atoms with Gasteiger partial charge in [-0.05, 0) is 46.8 Å². The van der Waals surface area contributed by atoms with Crippen LogP contribution in [0.3, 0.4) is 0 Å². The summed E-state index contributed by atoms with van der Waals surface area (Å²) in [7, 11) is -3.84. The van der Waals surface area contributed by atoms with Crippen molar-refractivity contribution >= 4 is 27.4 Å². The molecule has 0 N–H and O–H groups in total. The maximum atomic E-state index is 12.5. The molecular formula is C17H24N2O7S. The molecule has 0 aromatic heterocycles. The number of amides is 1. The molecule has 1 aromatic carbocycles. The molecule has 150 valence electrons. The number of esters is 1. The molecule has 0 bridgehead atoms. The Bertz CT molecular complexity index is 839. The van der Waals surface area contributed by atoms with Gasteiger partial charge in [0.25, 0.3) is 11.6 Å². The number of carbonyl (C=O) groups excluding carboxylic acids is 2. The molecule has 0 heterocycles. The Morgan fingerprint density at radius 3 is 2.04 bits per heavy atom. The second-order valence-corrected chi connectivity index (χ2v) is 8.68. The van der Waals surface area contributed by atoms with Gasteiger partial charge in [0.2, 0.25) is 0 Å². The molecule has 1 aromatic rings. The van der Waals surface area contributed by atoms with Gasteiger partial charge in [0, 0.05) is 24.4 Å².